The maximum absolute atomic E-state index is 12.3. The minimum atomic E-state index is 0.216. The Morgan fingerprint density at radius 3 is 2.15 bits per heavy atom. The van der Waals surface area contributed by atoms with E-state index in [0.29, 0.717) is 6.42 Å². The maximum Gasteiger partial charge on any atom is 0.226 e. The molecule has 0 aromatic heterocycles. The number of rotatable bonds is 5. The lowest BCUT2D eigenvalue weighted by Crippen LogP contribution is -2.29. The van der Waals surface area contributed by atoms with Crippen molar-refractivity contribution in [3.05, 3.63) is 102 Å². The number of carbonyl (C=O) groups is 1. The van der Waals surface area contributed by atoms with Crippen molar-refractivity contribution in [3.63, 3.8) is 0 Å². The van der Waals surface area contributed by atoms with Crippen molar-refractivity contribution in [1.82, 2.24) is 4.90 Å². The lowest BCUT2D eigenvalue weighted by molar-refractivity contribution is -0.126. The van der Waals surface area contributed by atoms with Crippen LogP contribution in [0.2, 0.25) is 0 Å². The molecule has 2 heteroatoms. The Morgan fingerprint density at radius 1 is 0.815 bits per heavy atom. The van der Waals surface area contributed by atoms with Crippen LogP contribution in [0, 0.1) is 0 Å². The molecule has 0 spiro atoms. The van der Waals surface area contributed by atoms with Crippen molar-refractivity contribution in [2.45, 2.75) is 25.3 Å². The van der Waals surface area contributed by atoms with Gasteiger partial charge in [0.1, 0.15) is 0 Å². The monoisotopic (exact) mass is 353 g/mol. The number of hydrogen-bond acceptors (Lipinski definition) is 1. The van der Waals surface area contributed by atoms with Gasteiger partial charge in [0, 0.05) is 18.7 Å². The molecule has 1 aliphatic heterocycles. The van der Waals surface area contributed by atoms with E-state index in [9.17, 15) is 4.79 Å². The molecule has 4 rings (SSSR count). The molecule has 0 radical (unpaired) electrons. The number of nitrogens with zero attached hydrogens (tertiary/aromatic N) is 1. The Bertz CT molecular complexity index is 914. The van der Waals surface area contributed by atoms with E-state index in [-0.39, 0.29) is 11.9 Å². The molecule has 3 aromatic rings. The van der Waals surface area contributed by atoms with Gasteiger partial charge in [0.15, 0.2) is 0 Å². The highest BCUT2D eigenvalue weighted by Gasteiger charge is 2.29. The van der Waals surface area contributed by atoms with Gasteiger partial charge in [-0.1, -0.05) is 84.9 Å². The molecule has 0 bridgehead atoms. The van der Waals surface area contributed by atoms with Crippen LogP contribution in [-0.4, -0.2) is 16.8 Å². The third kappa shape index (κ3) is 4.17. The van der Waals surface area contributed by atoms with Crippen LogP contribution in [0.5, 0.6) is 0 Å². The molecular weight excluding hydrogens is 330 g/mol. The lowest BCUT2D eigenvalue weighted by atomic mass is 10.00. The van der Waals surface area contributed by atoms with Crippen molar-refractivity contribution in [3.8, 4) is 11.1 Å². The van der Waals surface area contributed by atoms with Gasteiger partial charge < -0.3 is 4.90 Å². The number of benzene rings is 3. The number of hydrogen-bond donors (Lipinski definition) is 0. The van der Waals surface area contributed by atoms with Crippen molar-refractivity contribution >= 4 is 12.0 Å². The number of likely N-dealkylation sites (tertiary alicyclic amines) is 1. The summed E-state index contributed by atoms with van der Waals surface area (Å²) >= 11 is 0. The van der Waals surface area contributed by atoms with Crippen molar-refractivity contribution in [2.75, 3.05) is 0 Å². The molecule has 0 aliphatic carbocycles. The predicted octanol–water partition coefficient (Wildman–Crippen LogP) is 5.56. The topological polar surface area (TPSA) is 20.3 Å². The van der Waals surface area contributed by atoms with Gasteiger partial charge in [0.25, 0.3) is 0 Å². The van der Waals surface area contributed by atoms with E-state index in [0.717, 1.165) is 18.4 Å². The summed E-state index contributed by atoms with van der Waals surface area (Å²) in [5, 5.41) is 0. The van der Waals surface area contributed by atoms with Gasteiger partial charge in [-0.25, -0.2) is 0 Å². The van der Waals surface area contributed by atoms with Crippen LogP contribution in [0.15, 0.2) is 91.1 Å². The molecular formula is C25H23NO. The van der Waals surface area contributed by atoms with E-state index in [2.05, 4.69) is 48.5 Å². The first-order chi connectivity index (χ1) is 13.3. The fourth-order valence-corrected chi connectivity index (χ4v) is 3.63. The van der Waals surface area contributed by atoms with E-state index in [1.54, 1.807) is 0 Å². The van der Waals surface area contributed by atoms with Crippen molar-refractivity contribution < 1.29 is 4.79 Å². The summed E-state index contributed by atoms with van der Waals surface area (Å²) in [7, 11) is 0. The van der Waals surface area contributed by atoms with Crippen LogP contribution in [0.25, 0.3) is 17.2 Å². The molecule has 1 heterocycles. The highest BCUT2D eigenvalue weighted by atomic mass is 16.2. The fraction of sp³-hybridized carbons (Fsp3) is 0.160. The summed E-state index contributed by atoms with van der Waals surface area (Å²) < 4.78 is 0. The van der Waals surface area contributed by atoms with Gasteiger partial charge >= 0.3 is 0 Å². The van der Waals surface area contributed by atoms with Gasteiger partial charge in [-0.2, -0.15) is 0 Å². The zero-order valence-electron chi connectivity index (χ0n) is 15.3. The first kappa shape index (κ1) is 17.3. The molecule has 1 aliphatic rings. The summed E-state index contributed by atoms with van der Waals surface area (Å²) in [6, 6.07) is 29.5. The third-order valence-corrected chi connectivity index (χ3v) is 5.13. The van der Waals surface area contributed by atoms with Crippen molar-refractivity contribution in [1.29, 1.82) is 0 Å². The minimum Gasteiger partial charge on any atom is -0.316 e. The van der Waals surface area contributed by atoms with Gasteiger partial charge in [0.2, 0.25) is 5.91 Å². The largest absolute Gasteiger partial charge is 0.316 e. The maximum atomic E-state index is 12.3. The molecule has 1 fully saturated rings. The molecule has 0 N–H and O–H groups in total. The standard InChI is InChI=1S/C25H23NO/c27-25-16-15-24(26(25)18-17-20-7-3-1-4-8-20)19-21-11-13-23(14-12-21)22-9-5-2-6-10-22/h1-14,17-18,24H,15-16,19H2/b18-17+/t24-/m0/s1. The van der Waals surface area contributed by atoms with Gasteiger partial charge in [0.05, 0.1) is 0 Å². The Morgan fingerprint density at radius 2 is 1.44 bits per heavy atom. The smallest absolute Gasteiger partial charge is 0.226 e. The van der Waals surface area contributed by atoms with Gasteiger partial charge in [-0.15, -0.1) is 0 Å². The second kappa shape index (κ2) is 8.05. The summed E-state index contributed by atoms with van der Waals surface area (Å²) in [5.74, 6) is 0.216. The normalized spacial score (nSPS) is 17.0. The molecule has 134 valence electrons. The Kier molecular flexibility index (Phi) is 5.15. The molecule has 0 unspecified atom stereocenters. The summed E-state index contributed by atoms with van der Waals surface area (Å²) in [6.45, 7) is 0. The molecule has 1 saturated heterocycles. The zero-order valence-corrected chi connectivity index (χ0v) is 15.3. The van der Waals surface area contributed by atoms with E-state index in [1.807, 2.05) is 53.6 Å². The van der Waals surface area contributed by atoms with Crippen LogP contribution in [0.3, 0.4) is 0 Å². The average molecular weight is 353 g/mol. The van der Waals surface area contributed by atoms with Crippen LogP contribution in [0.4, 0.5) is 0 Å². The molecule has 27 heavy (non-hydrogen) atoms. The summed E-state index contributed by atoms with van der Waals surface area (Å²) in [4.78, 5) is 14.2. The SMILES string of the molecule is O=C1CC[C@@H](Cc2ccc(-c3ccccc3)cc2)N1/C=C/c1ccccc1. The van der Waals surface area contributed by atoms with Crippen LogP contribution < -0.4 is 0 Å². The van der Waals surface area contributed by atoms with Crippen molar-refractivity contribution in [2.24, 2.45) is 0 Å². The summed E-state index contributed by atoms with van der Waals surface area (Å²) in [6.07, 6.45) is 6.41. The Hall–Kier alpha value is -3.13. The average Bonchev–Trinajstić information content (AvgIpc) is 3.07. The second-order valence-electron chi connectivity index (χ2n) is 6.99. The predicted molar refractivity (Wildman–Crippen MR) is 111 cm³/mol. The number of carbonyl (C=O) groups excluding carboxylic acids is 1. The van der Waals surface area contributed by atoms with E-state index >= 15 is 0 Å². The second-order valence-corrected chi connectivity index (χ2v) is 6.99. The molecule has 2 nitrogen and oxygen atoms in total. The first-order valence-electron chi connectivity index (χ1n) is 9.48. The molecule has 1 atom stereocenters. The Balaban J connectivity index is 1.46. The van der Waals surface area contributed by atoms with Crippen LogP contribution >= 0.6 is 0 Å². The molecule has 3 aromatic carbocycles. The highest BCUT2D eigenvalue weighted by molar-refractivity contribution is 5.80. The zero-order chi connectivity index (χ0) is 18.5. The Labute approximate surface area is 160 Å². The quantitative estimate of drug-likeness (QED) is 0.588. The summed E-state index contributed by atoms with van der Waals surface area (Å²) in [5.41, 5.74) is 4.84. The van der Waals surface area contributed by atoms with E-state index < -0.39 is 0 Å². The molecule has 1 amide bonds. The third-order valence-electron chi connectivity index (χ3n) is 5.13. The van der Waals surface area contributed by atoms with Gasteiger partial charge in [-0.05, 0) is 41.2 Å². The fourth-order valence-electron chi connectivity index (χ4n) is 3.63. The van der Waals surface area contributed by atoms with Crippen LogP contribution in [0.1, 0.15) is 24.0 Å². The van der Waals surface area contributed by atoms with E-state index in [1.165, 1.54) is 16.7 Å². The lowest BCUT2D eigenvalue weighted by Gasteiger charge is -2.21. The minimum absolute atomic E-state index is 0.216. The van der Waals surface area contributed by atoms with Gasteiger partial charge in [-0.3, -0.25) is 4.79 Å². The first-order valence-corrected chi connectivity index (χ1v) is 9.48. The van der Waals surface area contributed by atoms with Crippen LogP contribution in [-0.2, 0) is 11.2 Å². The number of amides is 1. The highest BCUT2D eigenvalue weighted by Crippen LogP contribution is 2.25. The van der Waals surface area contributed by atoms with E-state index in [4.69, 9.17) is 0 Å². The molecule has 0 saturated carbocycles.